The molecule has 0 N–H and O–H groups in total. The molecular formula is C12H18N2O5. The van der Waals surface area contributed by atoms with Crippen LogP contribution in [0, 0.1) is 23.2 Å². The molecule has 0 saturated heterocycles. The van der Waals surface area contributed by atoms with Crippen LogP contribution in [0.15, 0.2) is 0 Å². The number of ether oxygens (including phenoxy) is 2. The summed E-state index contributed by atoms with van der Waals surface area (Å²) in [6, 6.07) is 1.87. The number of hydrogen-bond acceptors (Lipinski definition) is 6. The van der Waals surface area contributed by atoms with E-state index in [0.29, 0.717) is 0 Å². The number of methoxy groups -OCH3 is 2. The lowest BCUT2D eigenvalue weighted by Crippen LogP contribution is -2.44. The Bertz CT molecular complexity index is 368. The summed E-state index contributed by atoms with van der Waals surface area (Å²) in [5, 5.41) is 8.97. The molecule has 1 atom stereocenters. The van der Waals surface area contributed by atoms with Gasteiger partial charge in [-0.25, -0.2) is 0 Å². The van der Waals surface area contributed by atoms with E-state index in [0.717, 1.165) is 4.90 Å². The average Bonchev–Trinajstić information content (AvgIpc) is 2.37. The van der Waals surface area contributed by atoms with Crippen LogP contribution in [-0.2, 0) is 23.9 Å². The van der Waals surface area contributed by atoms with Gasteiger partial charge >= 0.3 is 11.9 Å². The van der Waals surface area contributed by atoms with Gasteiger partial charge in [-0.05, 0) is 5.92 Å². The number of hydrogen-bond donors (Lipinski definition) is 0. The zero-order valence-corrected chi connectivity index (χ0v) is 11.5. The normalized spacial score (nSPS) is 11.4. The molecule has 0 aliphatic heterocycles. The Morgan fingerprint density at radius 3 is 1.79 bits per heavy atom. The van der Waals surface area contributed by atoms with Crippen LogP contribution in [0.4, 0.5) is 0 Å². The summed E-state index contributed by atoms with van der Waals surface area (Å²) in [5.41, 5.74) is 0. The lowest BCUT2D eigenvalue weighted by Gasteiger charge is -2.23. The summed E-state index contributed by atoms with van der Waals surface area (Å²) in [5.74, 6) is -3.08. The van der Waals surface area contributed by atoms with Gasteiger partial charge in [-0.1, -0.05) is 13.8 Å². The molecule has 0 radical (unpaired) electrons. The molecule has 0 saturated carbocycles. The molecule has 0 aliphatic rings. The minimum atomic E-state index is -0.922. The molecule has 0 aromatic carbocycles. The SMILES string of the molecule is COC(=O)CN(CC(=O)OC)C(=O)C(C#N)C(C)C. The predicted octanol–water partition coefficient (Wildman–Crippen LogP) is -0.0432. The summed E-state index contributed by atoms with van der Waals surface area (Å²) >= 11 is 0. The van der Waals surface area contributed by atoms with Gasteiger partial charge in [0.2, 0.25) is 5.91 Å². The number of carbonyl (C=O) groups is 3. The summed E-state index contributed by atoms with van der Waals surface area (Å²) < 4.78 is 8.90. The van der Waals surface area contributed by atoms with Gasteiger partial charge < -0.3 is 14.4 Å². The fraction of sp³-hybridized carbons (Fsp3) is 0.667. The molecule has 0 rings (SSSR count). The van der Waals surface area contributed by atoms with Crippen LogP contribution in [0.3, 0.4) is 0 Å². The highest BCUT2D eigenvalue weighted by atomic mass is 16.5. The molecule has 7 heteroatoms. The number of rotatable bonds is 6. The van der Waals surface area contributed by atoms with Crippen LogP contribution in [0.1, 0.15) is 13.8 Å². The van der Waals surface area contributed by atoms with Crippen molar-refractivity contribution in [3.05, 3.63) is 0 Å². The Balaban J connectivity index is 5.00. The quantitative estimate of drug-likeness (QED) is 0.628. The molecule has 0 aromatic heterocycles. The topological polar surface area (TPSA) is 96.7 Å². The molecule has 0 aliphatic carbocycles. The molecular weight excluding hydrogens is 252 g/mol. The molecule has 0 spiro atoms. The second kappa shape index (κ2) is 8.08. The fourth-order valence-electron chi connectivity index (χ4n) is 1.34. The molecule has 1 unspecified atom stereocenters. The van der Waals surface area contributed by atoms with Crippen LogP contribution in [0.5, 0.6) is 0 Å². The van der Waals surface area contributed by atoms with Gasteiger partial charge in [0, 0.05) is 0 Å². The van der Waals surface area contributed by atoms with E-state index in [2.05, 4.69) is 9.47 Å². The van der Waals surface area contributed by atoms with E-state index in [9.17, 15) is 14.4 Å². The standard InChI is InChI=1S/C12H18N2O5/c1-8(2)9(5-13)12(17)14(6-10(15)18-3)7-11(16)19-4/h8-9H,6-7H2,1-4H3. The van der Waals surface area contributed by atoms with Crippen LogP contribution in [0.25, 0.3) is 0 Å². The van der Waals surface area contributed by atoms with E-state index in [-0.39, 0.29) is 5.92 Å². The van der Waals surface area contributed by atoms with Gasteiger partial charge in [-0.15, -0.1) is 0 Å². The average molecular weight is 270 g/mol. The summed E-state index contributed by atoms with van der Waals surface area (Å²) in [4.78, 5) is 35.5. The van der Waals surface area contributed by atoms with Crippen LogP contribution in [-0.4, -0.2) is 50.1 Å². The molecule has 0 bridgehead atoms. The van der Waals surface area contributed by atoms with Crippen molar-refractivity contribution in [1.29, 1.82) is 5.26 Å². The third-order valence-corrected chi connectivity index (χ3v) is 2.48. The van der Waals surface area contributed by atoms with Crippen molar-refractivity contribution in [1.82, 2.24) is 4.90 Å². The van der Waals surface area contributed by atoms with E-state index in [4.69, 9.17) is 5.26 Å². The first-order valence-electron chi connectivity index (χ1n) is 5.69. The van der Waals surface area contributed by atoms with Gasteiger partial charge in [0.15, 0.2) is 0 Å². The van der Waals surface area contributed by atoms with Crippen molar-refractivity contribution < 1.29 is 23.9 Å². The molecule has 0 heterocycles. The Morgan fingerprint density at radius 2 is 1.53 bits per heavy atom. The molecule has 0 fully saturated rings. The number of carbonyl (C=O) groups excluding carboxylic acids is 3. The number of nitriles is 1. The van der Waals surface area contributed by atoms with Gasteiger partial charge in [0.1, 0.15) is 19.0 Å². The van der Waals surface area contributed by atoms with E-state index in [1.165, 1.54) is 14.2 Å². The maximum absolute atomic E-state index is 12.1. The Labute approximate surface area is 112 Å². The van der Waals surface area contributed by atoms with Crippen LogP contribution >= 0.6 is 0 Å². The first kappa shape index (κ1) is 16.9. The molecule has 7 nitrogen and oxygen atoms in total. The van der Waals surface area contributed by atoms with Crippen molar-refractivity contribution >= 4 is 17.8 Å². The second-order valence-corrected chi connectivity index (χ2v) is 4.20. The lowest BCUT2D eigenvalue weighted by atomic mass is 9.96. The van der Waals surface area contributed by atoms with Gasteiger partial charge in [-0.2, -0.15) is 5.26 Å². The van der Waals surface area contributed by atoms with Crippen LogP contribution in [0.2, 0.25) is 0 Å². The lowest BCUT2D eigenvalue weighted by molar-refractivity contribution is -0.153. The molecule has 106 valence electrons. The summed E-state index contributed by atoms with van der Waals surface area (Å²) in [6.45, 7) is 2.63. The first-order chi connectivity index (χ1) is 8.87. The van der Waals surface area contributed by atoms with Crippen molar-refractivity contribution in [2.24, 2.45) is 11.8 Å². The Kier molecular flexibility index (Phi) is 7.19. The Hall–Kier alpha value is -2.10. The van der Waals surface area contributed by atoms with Crippen molar-refractivity contribution in [3.8, 4) is 6.07 Å². The smallest absolute Gasteiger partial charge is 0.325 e. The number of esters is 2. The first-order valence-corrected chi connectivity index (χ1v) is 5.69. The zero-order chi connectivity index (χ0) is 15.0. The van der Waals surface area contributed by atoms with Crippen molar-refractivity contribution in [2.45, 2.75) is 13.8 Å². The molecule has 19 heavy (non-hydrogen) atoms. The molecule has 0 aromatic rings. The highest BCUT2D eigenvalue weighted by molar-refractivity contribution is 5.88. The largest absolute Gasteiger partial charge is 0.468 e. The minimum Gasteiger partial charge on any atom is -0.468 e. The molecule has 1 amide bonds. The third-order valence-electron chi connectivity index (χ3n) is 2.48. The maximum Gasteiger partial charge on any atom is 0.325 e. The van der Waals surface area contributed by atoms with Gasteiger partial charge in [0.25, 0.3) is 0 Å². The van der Waals surface area contributed by atoms with E-state index in [1.54, 1.807) is 13.8 Å². The minimum absolute atomic E-state index is 0.227. The summed E-state index contributed by atoms with van der Waals surface area (Å²) in [7, 11) is 2.35. The zero-order valence-electron chi connectivity index (χ0n) is 11.5. The second-order valence-electron chi connectivity index (χ2n) is 4.20. The van der Waals surface area contributed by atoms with E-state index in [1.807, 2.05) is 6.07 Å². The van der Waals surface area contributed by atoms with Crippen molar-refractivity contribution in [3.63, 3.8) is 0 Å². The monoisotopic (exact) mass is 270 g/mol. The fourth-order valence-corrected chi connectivity index (χ4v) is 1.34. The third kappa shape index (κ3) is 5.38. The maximum atomic E-state index is 12.1. The number of nitrogens with zero attached hydrogens (tertiary/aromatic N) is 2. The van der Waals surface area contributed by atoms with E-state index >= 15 is 0 Å². The van der Waals surface area contributed by atoms with E-state index < -0.39 is 36.9 Å². The number of amides is 1. The van der Waals surface area contributed by atoms with Gasteiger partial charge in [0.05, 0.1) is 20.3 Å². The van der Waals surface area contributed by atoms with Crippen LogP contribution < -0.4 is 0 Å². The van der Waals surface area contributed by atoms with Gasteiger partial charge in [-0.3, -0.25) is 14.4 Å². The van der Waals surface area contributed by atoms with Crippen molar-refractivity contribution in [2.75, 3.05) is 27.3 Å². The highest BCUT2D eigenvalue weighted by Gasteiger charge is 2.30. The summed E-state index contributed by atoms with van der Waals surface area (Å²) in [6.07, 6.45) is 0. The predicted molar refractivity (Wildman–Crippen MR) is 64.6 cm³/mol. The Morgan fingerprint density at radius 1 is 1.11 bits per heavy atom. The highest BCUT2D eigenvalue weighted by Crippen LogP contribution is 2.13.